The van der Waals surface area contributed by atoms with E-state index in [1.807, 2.05) is 13.8 Å². The summed E-state index contributed by atoms with van der Waals surface area (Å²) in [7, 11) is -3.23. The first kappa shape index (κ1) is 13.5. The van der Waals surface area contributed by atoms with Gasteiger partial charge in [0.2, 0.25) is 0 Å². The van der Waals surface area contributed by atoms with E-state index in [-0.39, 0.29) is 6.04 Å². The molecule has 16 heavy (non-hydrogen) atoms. The third-order valence-corrected chi connectivity index (χ3v) is 3.70. The van der Waals surface area contributed by atoms with Crippen molar-refractivity contribution < 1.29 is 8.42 Å². The molecule has 90 valence electrons. The zero-order valence-electron chi connectivity index (χ0n) is 9.62. The summed E-state index contributed by atoms with van der Waals surface area (Å²) in [5.41, 5.74) is 0.639. The second-order valence-electron chi connectivity index (χ2n) is 4.02. The Morgan fingerprint density at radius 1 is 1.38 bits per heavy atom. The Morgan fingerprint density at radius 3 is 2.50 bits per heavy atom. The van der Waals surface area contributed by atoms with Crippen molar-refractivity contribution >= 4 is 21.4 Å². The zero-order valence-corrected chi connectivity index (χ0v) is 11.2. The van der Waals surface area contributed by atoms with Crippen LogP contribution in [0.1, 0.15) is 19.4 Å². The molecular weight excluding hydrogens is 246 g/mol. The van der Waals surface area contributed by atoms with Crippen LogP contribution in [0.4, 0.5) is 0 Å². The van der Waals surface area contributed by atoms with Crippen LogP contribution in [0.3, 0.4) is 0 Å². The van der Waals surface area contributed by atoms with Gasteiger partial charge < -0.3 is 5.32 Å². The molecular formula is C11H16ClNO2S. The Morgan fingerprint density at radius 2 is 2.00 bits per heavy atom. The number of hydrogen-bond acceptors (Lipinski definition) is 3. The van der Waals surface area contributed by atoms with E-state index in [1.54, 1.807) is 18.2 Å². The number of benzene rings is 1. The summed E-state index contributed by atoms with van der Waals surface area (Å²) in [4.78, 5) is 0.299. The van der Waals surface area contributed by atoms with Gasteiger partial charge in [0.05, 0.1) is 4.90 Å². The molecule has 0 bridgehead atoms. The topological polar surface area (TPSA) is 46.2 Å². The highest BCUT2D eigenvalue weighted by molar-refractivity contribution is 7.90. The van der Waals surface area contributed by atoms with Crippen LogP contribution >= 0.6 is 11.6 Å². The minimum absolute atomic E-state index is 0.281. The molecule has 0 unspecified atom stereocenters. The third kappa shape index (κ3) is 3.47. The summed E-state index contributed by atoms with van der Waals surface area (Å²) in [6, 6.07) is 5.22. The first-order valence-corrected chi connectivity index (χ1v) is 7.30. The number of hydrogen-bond donors (Lipinski definition) is 1. The average molecular weight is 262 g/mol. The molecule has 0 aromatic heterocycles. The van der Waals surface area contributed by atoms with Crippen molar-refractivity contribution in [3.8, 4) is 0 Å². The largest absolute Gasteiger partial charge is 0.310 e. The SMILES string of the molecule is CC(C)NCc1c(Cl)cccc1S(C)(=O)=O. The van der Waals surface area contributed by atoms with Gasteiger partial charge in [0.25, 0.3) is 0 Å². The van der Waals surface area contributed by atoms with Gasteiger partial charge in [-0.05, 0) is 12.1 Å². The molecule has 0 spiro atoms. The van der Waals surface area contributed by atoms with Gasteiger partial charge in [-0.2, -0.15) is 0 Å². The summed E-state index contributed by atoms with van der Waals surface area (Å²) in [5, 5.41) is 3.65. The Labute approximate surface area is 102 Å². The second-order valence-corrected chi connectivity index (χ2v) is 6.42. The lowest BCUT2D eigenvalue weighted by Crippen LogP contribution is -2.23. The van der Waals surface area contributed by atoms with E-state index in [0.717, 1.165) is 0 Å². The van der Waals surface area contributed by atoms with Crippen LogP contribution in [-0.2, 0) is 16.4 Å². The summed E-state index contributed by atoms with van der Waals surface area (Å²) < 4.78 is 23.1. The molecule has 1 aromatic rings. The lowest BCUT2D eigenvalue weighted by molar-refractivity contribution is 0.577. The van der Waals surface area contributed by atoms with Crippen molar-refractivity contribution in [2.45, 2.75) is 31.3 Å². The highest BCUT2D eigenvalue weighted by atomic mass is 35.5. The summed E-state index contributed by atoms with van der Waals surface area (Å²) in [6.45, 7) is 4.45. The Hall–Kier alpha value is -0.580. The van der Waals surface area contributed by atoms with Crippen LogP contribution in [0, 0.1) is 0 Å². The maximum atomic E-state index is 11.6. The number of halogens is 1. The number of nitrogens with one attached hydrogen (secondary N) is 1. The van der Waals surface area contributed by atoms with Gasteiger partial charge in [-0.25, -0.2) is 8.42 Å². The van der Waals surface area contributed by atoms with Gasteiger partial charge >= 0.3 is 0 Å². The molecule has 0 saturated heterocycles. The van der Waals surface area contributed by atoms with E-state index in [4.69, 9.17) is 11.6 Å². The van der Waals surface area contributed by atoms with E-state index in [0.29, 0.717) is 22.0 Å². The first-order valence-electron chi connectivity index (χ1n) is 5.03. The fourth-order valence-electron chi connectivity index (χ4n) is 1.36. The van der Waals surface area contributed by atoms with E-state index in [9.17, 15) is 8.42 Å². The minimum Gasteiger partial charge on any atom is -0.310 e. The fourth-order valence-corrected chi connectivity index (χ4v) is 2.62. The van der Waals surface area contributed by atoms with Gasteiger partial charge in [-0.15, -0.1) is 0 Å². The first-order chi connectivity index (χ1) is 7.32. The Kier molecular flexibility index (Phi) is 4.35. The molecule has 0 aliphatic heterocycles. The molecule has 0 aliphatic rings. The lowest BCUT2D eigenvalue weighted by Gasteiger charge is -2.13. The van der Waals surface area contributed by atoms with Gasteiger partial charge in [0.1, 0.15) is 0 Å². The van der Waals surface area contributed by atoms with Crippen LogP contribution in [0.25, 0.3) is 0 Å². The average Bonchev–Trinajstić information content (AvgIpc) is 2.13. The van der Waals surface area contributed by atoms with Crippen molar-refractivity contribution in [2.75, 3.05) is 6.26 Å². The molecule has 0 atom stereocenters. The highest BCUT2D eigenvalue weighted by Crippen LogP contribution is 2.23. The maximum Gasteiger partial charge on any atom is 0.175 e. The van der Waals surface area contributed by atoms with Crippen LogP contribution < -0.4 is 5.32 Å². The molecule has 1 N–H and O–H groups in total. The Balaban J connectivity index is 3.15. The van der Waals surface area contributed by atoms with Crippen molar-refractivity contribution in [3.05, 3.63) is 28.8 Å². The highest BCUT2D eigenvalue weighted by Gasteiger charge is 2.15. The smallest absolute Gasteiger partial charge is 0.175 e. The van der Waals surface area contributed by atoms with Gasteiger partial charge in [-0.1, -0.05) is 31.5 Å². The predicted molar refractivity (Wildman–Crippen MR) is 66.5 cm³/mol. The lowest BCUT2D eigenvalue weighted by atomic mass is 10.2. The van der Waals surface area contributed by atoms with Crippen LogP contribution in [-0.4, -0.2) is 20.7 Å². The molecule has 0 aliphatic carbocycles. The maximum absolute atomic E-state index is 11.6. The van der Waals surface area contributed by atoms with Gasteiger partial charge in [-0.3, -0.25) is 0 Å². The van der Waals surface area contributed by atoms with Crippen LogP contribution in [0.15, 0.2) is 23.1 Å². The molecule has 1 rings (SSSR count). The predicted octanol–water partition coefficient (Wildman–Crippen LogP) is 2.24. The monoisotopic (exact) mass is 261 g/mol. The molecule has 0 fully saturated rings. The van der Waals surface area contributed by atoms with E-state index >= 15 is 0 Å². The zero-order chi connectivity index (χ0) is 12.3. The summed E-state index contributed by atoms with van der Waals surface area (Å²) in [6.07, 6.45) is 1.19. The van der Waals surface area contributed by atoms with Crippen molar-refractivity contribution in [1.82, 2.24) is 5.32 Å². The molecule has 0 heterocycles. The molecule has 1 aromatic carbocycles. The normalized spacial score (nSPS) is 12.1. The quantitative estimate of drug-likeness (QED) is 0.904. The summed E-state index contributed by atoms with van der Waals surface area (Å²) in [5.74, 6) is 0. The van der Waals surface area contributed by atoms with Crippen molar-refractivity contribution in [2.24, 2.45) is 0 Å². The third-order valence-electron chi connectivity index (χ3n) is 2.16. The molecule has 0 amide bonds. The van der Waals surface area contributed by atoms with E-state index < -0.39 is 9.84 Å². The standard InChI is InChI=1S/C11H16ClNO2S/c1-8(2)13-7-9-10(12)5-4-6-11(9)16(3,14)15/h4-6,8,13H,7H2,1-3H3. The summed E-state index contributed by atoms with van der Waals surface area (Å²) >= 11 is 6.01. The van der Waals surface area contributed by atoms with Crippen molar-refractivity contribution in [3.63, 3.8) is 0 Å². The van der Waals surface area contributed by atoms with Crippen molar-refractivity contribution in [1.29, 1.82) is 0 Å². The Bertz CT molecular complexity index is 469. The molecule has 0 radical (unpaired) electrons. The molecule has 5 heteroatoms. The van der Waals surface area contributed by atoms with E-state index in [2.05, 4.69) is 5.32 Å². The molecule has 0 saturated carbocycles. The van der Waals surface area contributed by atoms with Gasteiger partial charge in [0.15, 0.2) is 9.84 Å². The number of rotatable bonds is 4. The van der Waals surface area contributed by atoms with Gasteiger partial charge in [0, 0.05) is 29.4 Å². The second kappa shape index (κ2) is 5.17. The van der Waals surface area contributed by atoms with Crippen LogP contribution in [0.2, 0.25) is 5.02 Å². The minimum atomic E-state index is -3.23. The van der Waals surface area contributed by atoms with Crippen LogP contribution in [0.5, 0.6) is 0 Å². The molecule has 3 nitrogen and oxygen atoms in total. The number of sulfone groups is 1. The van der Waals surface area contributed by atoms with E-state index in [1.165, 1.54) is 6.26 Å². The fraction of sp³-hybridized carbons (Fsp3) is 0.455.